The number of aryl methyl sites for hydroxylation is 1. The highest BCUT2D eigenvalue weighted by Crippen LogP contribution is 2.21. The van der Waals surface area contributed by atoms with E-state index in [-0.39, 0.29) is 17.5 Å². The van der Waals surface area contributed by atoms with Gasteiger partial charge in [-0.15, -0.1) is 5.10 Å². The molecule has 24 heavy (non-hydrogen) atoms. The monoisotopic (exact) mass is 358 g/mol. The highest BCUT2D eigenvalue weighted by molar-refractivity contribution is 6.31. The molecule has 5 nitrogen and oxygen atoms in total. The van der Waals surface area contributed by atoms with Gasteiger partial charge >= 0.3 is 5.69 Å². The lowest BCUT2D eigenvalue weighted by Gasteiger charge is -2.04. The maximum atomic E-state index is 12.7. The third-order valence-corrected chi connectivity index (χ3v) is 4.52. The Morgan fingerprint density at radius 3 is 2.71 bits per heavy atom. The molecule has 0 aliphatic heterocycles. The topological polar surface area (TPSA) is 52.2 Å². The van der Waals surface area contributed by atoms with Crippen LogP contribution in [-0.2, 0) is 6.54 Å². The zero-order chi connectivity index (χ0) is 16.8. The van der Waals surface area contributed by atoms with Crippen LogP contribution in [0.25, 0.3) is 16.6 Å². The van der Waals surface area contributed by atoms with Crippen LogP contribution in [0.15, 0.2) is 47.3 Å². The van der Waals surface area contributed by atoms with Crippen molar-refractivity contribution in [1.82, 2.24) is 19.2 Å². The second kappa shape index (κ2) is 5.61. The van der Waals surface area contributed by atoms with Gasteiger partial charge in [-0.25, -0.2) is 18.9 Å². The zero-order valence-electron chi connectivity index (χ0n) is 12.7. The van der Waals surface area contributed by atoms with Crippen molar-refractivity contribution in [2.24, 2.45) is 0 Å². The number of nitrogens with zero attached hydrogens (tertiary/aromatic N) is 4. The lowest BCUT2D eigenvalue weighted by molar-refractivity contribution is 0.658. The fourth-order valence-corrected chi connectivity index (χ4v) is 3.24. The van der Waals surface area contributed by atoms with E-state index in [1.165, 1.54) is 9.08 Å². The number of hydrogen-bond donors (Lipinski definition) is 0. The van der Waals surface area contributed by atoms with Crippen LogP contribution in [-0.4, -0.2) is 19.2 Å². The summed E-state index contributed by atoms with van der Waals surface area (Å²) < 4.78 is 2.66. The van der Waals surface area contributed by atoms with Gasteiger partial charge in [0.1, 0.15) is 0 Å². The third-order valence-electron chi connectivity index (χ3n) is 3.91. The Morgan fingerprint density at radius 2 is 1.92 bits per heavy atom. The first-order chi connectivity index (χ1) is 11.5. The number of rotatable bonds is 2. The standard InChI is InChI=1S/C17H12Cl2N4O/c1-10-6-7-11(13(18)8-10)9-22-17(24)23-15(21-22)12-4-2-3-5-14(12)20-16(23)19/h2-8H,9H2,1H3. The van der Waals surface area contributed by atoms with Crippen LogP contribution < -0.4 is 5.69 Å². The molecule has 0 radical (unpaired) electrons. The van der Waals surface area contributed by atoms with Crippen LogP contribution in [0.1, 0.15) is 11.1 Å². The summed E-state index contributed by atoms with van der Waals surface area (Å²) in [5.74, 6) is 0. The molecular weight excluding hydrogens is 347 g/mol. The van der Waals surface area contributed by atoms with Gasteiger partial charge in [0, 0.05) is 10.4 Å². The average Bonchev–Trinajstić information content (AvgIpc) is 2.88. The van der Waals surface area contributed by atoms with Gasteiger partial charge in [-0.2, -0.15) is 0 Å². The Balaban J connectivity index is 1.94. The fraction of sp³-hybridized carbons (Fsp3) is 0.118. The van der Waals surface area contributed by atoms with Crippen molar-refractivity contribution in [3.05, 3.63) is 74.4 Å². The van der Waals surface area contributed by atoms with Crippen molar-refractivity contribution in [2.75, 3.05) is 0 Å². The van der Waals surface area contributed by atoms with Gasteiger partial charge in [-0.05, 0) is 47.9 Å². The Kier molecular flexibility index (Phi) is 3.55. The van der Waals surface area contributed by atoms with Crippen LogP contribution in [0.4, 0.5) is 0 Å². The molecule has 0 atom stereocenters. The number of fused-ring (bicyclic) bond motifs is 3. The van der Waals surface area contributed by atoms with Crippen molar-refractivity contribution in [3.8, 4) is 0 Å². The van der Waals surface area contributed by atoms with Crippen molar-refractivity contribution in [1.29, 1.82) is 0 Å². The second-order valence-corrected chi connectivity index (χ2v) is 6.34. The molecule has 2 heterocycles. The quantitative estimate of drug-likeness (QED) is 0.513. The Labute approximate surface area is 147 Å². The first-order valence-corrected chi connectivity index (χ1v) is 8.09. The number of benzene rings is 2. The number of para-hydroxylation sites is 1. The predicted octanol–water partition coefficient (Wildman–Crippen LogP) is 3.71. The molecule has 0 fully saturated rings. The molecule has 0 amide bonds. The van der Waals surface area contributed by atoms with E-state index in [2.05, 4.69) is 10.1 Å². The molecule has 0 bridgehead atoms. The van der Waals surface area contributed by atoms with Crippen LogP contribution in [0.5, 0.6) is 0 Å². The predicted molar refractivity (Wildman–Crippen MR) is 95.1 cm³/mol. The van der Waals surface area contributed by atoms with Crippen LogP contribution >= 0.6 is 23.2 Å². The first-order valence-electron chi connectivity index (χ1n) is 7.33. The summed E-state index contributed by atoms with van der Waals surface area (Å²) in [6.45, 7) is 2.23. The van der Waals surface area contributed by atoms with E-state index in [1.54, 1.807) is 0 Å². The minimum absolute atomic E-state index is 0.0925. The largest absolute Gasteiger partial charge is 0.353 e. The molecule has 0 aliphatic rings. The Morgan fingerprint density at radius 1 is 1.12 bits per heavy atom. The molecule has 120 valence electrons. The third kappa shape index (κ3) is 2.37. The van der Waals surface area contributed by atoms with Crippen LogP contribution in [0.2, 0.25) is 10.3 Å². The summed E-state index contributed by atoms with van der Waals surface area (Å²) >= 11 is 12.5. The Bertz CT molecular complexity index is 1150. The normalized spacial score (nSPS) is 11.5. The fourth-order valence-electron chi connectivity index (χ4n) is 2.70. The second-order valence-electron chi connectivity index (χ2n) is 5.59. The number of halogens is 2. The van der Waals surface area contributed by atoms with Crippen LogP contribution in [0.3, 0.4) is 0 Å². The molecule has 2 aromatic carbocycles. The minimum atomic E-state index is -0.343. The molecule has 7 heteroatoms. The summed E-state index contributed by atoms with van der Waals surface area (Å²) in [4.78, 5) is 16.9. The molecule has 0 N–H and O–H groups in total. The molecule has 4 rings (SSSR count). The minimum Gasteiger partial charge on any atom is -0.245 e. The smallest absolute Gasteiger partial charge is 0.245 e. The average molecular weight is 359 g/mol. The van der Waals surface area contributed by atoms with E-state index in [0.717, 1.165) is 16.5 Å². The molecule has 0 saturated heterocycles. The molecular formula is C17H12Cl2N4O. The van der Waals surface area contributed by atoms with Gasteiger partial charge in [0.15, 0.2) is 5.65 Å². The summed E-state index contributed by atoms with van der Waals surface area (Å²) in [5, 5.41) is 5.91. The Hall–Kier alpha value is -2.37. The lowest BCUT2D eigenvalue weighted by atomic mass is 10.1. The van der Waals surface area contributed by atoms with E-state index in [0.29, 0.717) is 16.2 Å². The van der Waals surface area contributed by atoms with Gasteiger partial charge in [-0.3, -0.25) is 0 Å². The van der Waals surface area contributed by atoms with Gasteiger partial charge in [0.2, 0.25) is 5.28 Å². The molecule has 4 aromatic rings. The van der Waals surface area contributed by atoms with Crippen molar-refractivity contribution < 1.29 is 0 Å². The maximum Gasteiger partial charge on any atom is 0.353 e. The molecule has 0 aliphatic carbocycles. The van der Waals surface area contributed by atoms with Gasteiger partial charge < -0.3 is 0 Å². The van der Waals surface area contributed by atoms with Crippen molar-refractivity contribution >= 4 is 39.8 Å². The number of hydrogen-bond acceptors (Lipinski definition) is 3. The molecule has 0 unspecified atom stereocenters. The number of aromatic nitrogens is 4. The molecule has 0 saturated carbocycles. The SMILES string of the molecule is Cc1ccc(Cn2nc3c4ccccc4nc(Cl)n3c2=O)c(Cl)c1. The van der Waals surface area contributed by atoms with E-state index in [9.17, 15) is 4.79 Å². The summed E-state index contributed by atoms with van der Waals surface area (Å²) in [6.07, 6.45) is 0. The molecule has 0 spiro atoms. The summed E-state index contributed by atoms with van der Waals surface area (Å²) in [7, 11) is 0. The van der Waals surface area contributed by atoms with E-state index < -0.39 is 0 Å². The highest BCUT2D eigenvalue weighted by atomic mass is 35.5. The zero-order valence-corrected chi connectivity index (χ0v) is 14.2. The van der Waals surface area contributed by atoms with Gasteiger partial charge in [0.05, 0.1) is 12.1 Å². The van der Waals surface area contributed by atoms with Crippen LogP contribution in [0, 0.1) is 6.92 Å². The molecule has 2 aromatic heterocycles. The summed E-state index contributed by atoms with van der Waals surface area (Å²) in [5.41, 5.74) is 2.72. The van der Waals surface area contributed by atoms with E-state index >= 15 is 0 Å². The lowest BCUT2D eigenvalue weighted by Crippen LogP contribution is -2.22. The van der Waals surface area contributed by atoms with Gasteiger partial charge in [-0.1, -0.05) is 35.9 Å². The van der Waals surface area contributed by atoms with Crippen molar-refractivity contribution in [2.45, 2.75) is 13.5 Å². The highest BCUT2D eigenvalue weighted by Gasteiger charge is 2.15. The van der Waals surface area contributed by atoms with E-state index in [1.807, 2.05) is 49.4 Å². The van der Waals surface area contributed by atoms with Crippen molar-refractivity contribution in [3.63, 3.8) is 0 Å². The first kappa shape index (κ1) is 15.2. The maximum absolute atomic E-state index is 12.7. The van der Waals surface area contributed by atoms with Gasteiger partial charge in [0.25, 0.3) is 0 Å². The summed E-state index contributed by atoms with van der Waals surface area (Å²) in [6, 6.07) is 13.1. The van der Waals surface area contributed by atoms with E-state index in [4.69, 9.17) is 23.2 Å².